The van der Waals surface area contributed by atoms with E-state index in [1.54, 1.807) is 16.4 Å². The predicted molar refractivity (Wildman–Crippen MR) is 91.9 cm³/mol. The van der Waals surface area contributed by atoms with Crippen LogP contribution in [0.5, 0.6) is 0 Å². The summed E-state index contributed by atoms with van der Waals surface area (Å²) >= 11 is 0. The largest absolute Gasteiger partial charge is 0.314 e. The average Bonchev–Trinajstić information content (AvgIpc) is 2.56. The van der Waals surface area contributed by atoms with Gasteiger partial charge in [0.05, 0.1) is 4.90 Å². The molecule has 0 aromatic heterocycles. The van der Waals surface area contributed by atoms with E-state index in [-0.39, 0.29) is 6.04 Å². The first kappa shape index (κ1) is 16.2. The maximum absolute atomic E-state index is 13.0. The lowest BCUT2D eigenvalue weighted by atomic mass is 10.1. The Balaban J connectivity index is 1.87. The minimum absolute atomic E-state index is 0.0579. The van der Waals surface area contributed by atoms with Crippen molar-refractivity contribution in [3.63, 3.8) is 0 Å². The first-order valence-electron chi connectivity index (χ1n) is 7.90. The molecular formula is C18H22N2O2S. The molecule has 0 saturated carbocycles. The second-order valence-corrected chi connectivity index (χ2v) is 7.87. The third-order valence-electron chi connectivity index (χ3n) is 4.24. The Morgan fingerprint density at radius 1 is 1.09 bits per heavy atom. The maximum atomic E-state index is 13.0. The van der Waals surface area contributed by atoms with Crippen molar-refractivity contribution < 1.29 is 8.42 Å². The van der Waals surface area contributed by atoms with Gasteiger partial charge in [0.1, 0.15) is 0 Å². The minimum atomic E-state index is -3.45. The SMILES string of the molecule is Cc1ccc(S(=O)(=O)N2CCNCC2Cc2ccccc2)cc1. The lowest BCUT2D eigenvalue weighted by Gasteiger charge is -2.35. The second-order valence-electron chi connectivity index (χ2n) is 5.98. The number of sulfonamides is 1. The Hall–Kier alpha value is -1.69. The van der Waals surface area contributed by atoms with Crippen molar-refractivity contribution in [2.24, 2.45) is 0 Å². The fourth-order valence-electron chi connectivity index (χ4n) is 2.96. The van der Waals surface area contributed by atoms with Gasteiger partial charge in [-0.05, 0) is 31.0 Å². The lowest BCUT2D eigenvalue weighted by molar-refractivity contribution is 0.266. The van der Waals surface area contributed by atoms with E-state index in [9.17, 15) is 8.42 Å². The van der Waals surface area contributed by atoms with Gasteiger partial charge in [0.25, 0.3) is 0 Å². The summed E-state index contributed by atoms with van der Waals surface area (Å²) in [5, 5.41) is 3.31. The summed E-state index contributed by atoms with van der Waals surface area (Å²) in [6, 6.07) is 17.1. The summed E-state index contributed by atoms with van der Waals surface area (Å²) in [4.78, 5) is 0.378. The quantitative estimate of drug-likeness (QED) is 0.935. The van der Waals surface area contributed by atoms with E-state index in [2.05, 4.69) is 5.32 Å². The van der Waals surface area contributed by atoms with Crippen LogP contribution in [0.1, 0.15) is 11.1 Å². The van der Waals surface area contributed by atoms with Crippen LogP contribution in [0.15, 0.2) is 59.5 Å². The van der Waals surface area contributed by atoms with Gasteiger partial charge in [-0.3, -0.25) is 0 Å². The fraction of sp³-hybridized carbons (Fsp3) is 0.333. The molecular weight excluding hydrogens is 308 g/mol. The summed E-state index contributed by atoms with van der Waals surface area (Å²) in [5.74, 6) is 0. The smallest absolute Gasteiger partial charge is 0.243 e. The number of nitrogens with one attached hydrogen (secondary N) is 1. The molecule has 3 rings (SSSR count). The van der Waals surface area contributed by atoms with Crippen LogP contribution in [0.25, 0.3) is 0 Å². The zero-order chi connectivity index (χ0) is 16.3. The first-order chi connectivity index (χ1) is 11.1. The van der Waals surface area contributed by atoms with Crippen LogP contribution in [0.2, 0.25) is 0 Å². The Morgan fingerprint density at radius 2 is 1.78 bits per heavy atom. The van der Waals surface area contributed by atoms with Crippen LogP contribution in [-0.2, 0) is 16.4 Å². The zero-order valence-electron chi connectivity index (χ0n) is 13.3. The number of hydrogen-bond donors (Lipinski definition) is 1. The highest BCUT2D eigenvalue weighted by Crippen LogP contribution is 2.22. The van der Waals surface area contributed by atoms with Crippen molar-refractivity contribution in [3.05, 3.63) is 65.7 Å². The molecule has 0 aliphatic carbocycles. The molecule has 0 radical (unpaired) electrons. The second kappa shape index (κ2) is 6.83. The molecule has 2 aromatic rings. The Labute approximate surface area is 138 Å². The molecule has 122 valence electrons. The van der Waals surface area contributed by atoms with Gasteiger partial charge in [0, 0.05) is 25.7 Å². The molecule has 1 fully saturated rings. The molecule has 0 amide bonds. The summed E-state index contributed by atoms with van der Waals surface area (Å²) in [5.41, 5.74) is 2.22. The van der Waals surface area contributed by atoms with Gasteiger partial charge in [-0.1, -0.05) is 48.0 Å². The third-order valence-corrected chi connectivity index (χ3v) is 6.20. The van der Waals surface area contributed by atoms with Crippen molar-refractivity contribution in [2.45, 2.75) is 24.3 Å². The van der Waals surface area contributed by atoms with E-state index < -0.39 is 10.0 Å². The molecule has 1 unspecified atom stereocenters. The third kappa shape index (κ3) is 3.63. The molecule has 1 aliphatic rings. The monoisotopic (exact) mass is 330 g/mol. The summed E-state index contributed by atoms with van der Waals surface area (Å²) in [7, 11) is -3.45. The van der Waals surface area contributed by atoms with Crippen LogP contribution in [0, 0.1) is 6.92 Å². The molecule has 1 N–H and O–H groups in total. The number of nitrogens with zero attached hydrogens (tertiary/aromatic N) is 1. The molecule has 4 nitrogen and oxygen atoms in total. The molecule has 5 heteroatoms. The molecule has 2 aromatic carbocycles. The average molecular weight is 330 g/mol. The molecule has 1 aliphatic heterocycles. The fourth-order valence-corrected chi connectivity index (χ4v) is 4.59. The van der Waals surface area contributed by atoms with Gasteiger partial charge in [-0.25, -0.2) is 8.42 Å². The van der Waals surface area contributed by atoms with E-state index in [0.717, 1.165) is 17.5 Å². The minimum Gasteiger partial charge on any atom is -0.314 e. The molecule has 1 atom stereocenters. The van der Waals surface area contributed by atoms with Crippen molar-refractivity contribution in [1.29, 1.82) is 0 Å². The van der Waals surface area contributed by atoms with E-state index >= 15 is 0 Å². The van der Waals surface area contributed by atoms with Gasteiger partial charge in [-0.2, -0.15) is 4.31 Å². The van der Waals surface area contributed by atoms with Crippen molar-refractivity contribution >= 4 is 10.0 Å². The topological polar surface area (TPSA) is 49.4 Å². The number of piperazine rings is 1. The number of aryl methyl sites for hydroxylation is 1. The normalized spacial score (nSPS) is 19.6. The maximum Gasteiger partial charge on any atom is 0.243 e. The van der Waals surface area contributed by atoms with Crippen molar-refractivity contribution in [1.82, 2.24) is 9.62 Å². The Bertz CT molecular complexity index is 742. The van der Waals surface area contributed by atoms with Gasteiger partial charge in [0.15, 0.2) is 0 Å². The van der Waals surface area contributed by atoms with Crippen LogP contribution in [0.3, 0.4) is 0 Å². The van der Waals surface area contributed by atoms with Gasteiger partial charge in [-0.15, -0.1) is 0 Å². The highest BCUT2D eigenvalue weighted by atomic mass is 32.2. The first-order valence-corrected chi connectivity index (χ1v) is 9.34. The highest BCUT2D eigenvalue weighted by molar-refractivity contribution is 7.89. The Morgan fingerprint density at radius 3 is 2.48 bits per heavy atom. The zero-order valence-corrected chi connectivity index (χ0v) is 14.1. The van der Waals surface area contributed by atoms with E-state index in [1.807, 2.05) is 49.4 Å². The van der Waals surface area contributed by atoms with E-state index in [1.165, 1.54) is 0 Å². The van der Waals surface area contributed by atoms with Crippen LogP contribution in [-0.4, -0.2) is 38.4 Å². The molecule has 1 saturated heterocycles. The van der Waals surface area contributed by atoms with Gasteiger partial charge < -0.3 is 5.32 Å². The standard InChI is InChI=1S/C18H22N2O2S/c1-15-7-9-18(10-8-15)23(21,22)20-12-11-19-14-17(20)13-16-5-3-2-4-6-16/h2-10,17,19H,11-14H2,1H3. The molecule has 23 heavy (non-hydrogen) atoms. The highest BCUT2D eigenvalue weighted by Gasteiger charge is 2.33. The molecule has 0 spiro atoms. The number of hydrogen-bond acceptors (Lipinski definition) is 3. The molecule has 0 bridgehead atoms. The Kier molecular flexibility index (Phi) is 4.80. The number of benzene rings is 2. The van der Waals surface area contributed by atoms with Crippen LogP contribution < -0.4 is 5.32 Å². The van der Waals surface area contributed by atoms with Crippen molar-refractivity contribution in [3.8, 4) is 0 Å². The summed E-state index contributed by atoms with van der Waals surface area (Å²) in [6.07, 6.45) is 0.721. The van der Waals surface area contributed by atoms with E-state index in [0.29, 0.717) is 24.5 Å². The van der Waals surface area contributed by atoms with Crippen molar-refractivity contribution in [2.75, 3.05) is 19.6 Å². The summed E-state index contributed by atoms with van der Waals surface area (Å²) < 4.78 is 27.6. The molecule has 1 heterocycles. The van der Waals surface area contributed by atoms with Crippen LogP contribution >= 0.6 is 0 Å². The lowest BCUT2D eigenvalue weighted by Crippen LogP contribution is -2.54. The van der Waals surface area contributed by atoms with Gasteiger partial charge in [0.2, 0.25) is 10.0 Å². The van der Waals surface area contributed by atoms with Crippen LogP contribution in [0.4, 0.5) is 0 Å². The van der Waals surface area contributed by atoms with E-state index in [4.69, 9.17) is 0 Å². The van der Waals surface area contributed by atoms with Gasteiger partial charge >= 0.3 is 0 Å². The number of rotatable bonds is 4. The summed E-state index contributed by atoms with van der Waals surface area (Å²) in [6.45, 7) is 3.84. The predicted octanol–water partition coefficient (Wildman–Crippen LogP) is 2.20.